The van der Waals surface area contributed by atoms with Crippen molar-refractivity contribution in [1.29, 1.82) is 0 Å². The Morgan fingerprint density at radius 1 is 0.944 bits per heavy atom. The van der Waals surface area contributed by atoms with Crippen LogP contribution in [0.25, 0.3) is 0 Å². The maximum atomic E-state index is 13.8. The van der Waals surface area contributed by atoms with Gasteiger partial charge in [-0.3, -0.25) is 13.9 Å². The summed E-state index contributed by atoms with van der Waals surface area (Å²) in [4.78, 5) is 27.8. The lowest BCUT2D eigenvalue weighted by Crippen LogP contribution is -2.50. The van der Waals surface area contributed by atoms with Crippen LogP contribution in [0.4, 0.5) is 5.69 Å². The minimum Gasteiger partial charge on any atom is -0.357 e. The molecule has 1 N–H and O–H groups in total. The molecule has 7 nitrogen and oxygen atoms in total. The van der Waals surface area contributed by atoms with Crippen LogP contribution in [0, 0.1) is 13.8 Å². The highest BCUT2D eigenvalue weighted by Crippen LogP contribution is 2.26. The van der Waals surface area contributed by atoms with Crippen LogP contribution < -0.4 is 9.62 Å². The van der Waals surface area contributed by atoms with Crippen LogP contribution in [0.3, 0.4) is 0 Å². The molecular formula is C27H30BrN3O4S. The summed E-state index contributed by atoms with van der Waals surface area (Å²) in [6.07, 6.45) is 0. The summed E-state index contributed by atoms with van der Waals surface area (Å²) in [5.41, 5.74) is 2.93. The lowest BCUT2D eigenvalue weighted by molar-refractivity contribution is -0.139. The molecule has 0 aromatic heterocycles. The van der Waals surface area contributed by atoms with Gasteiger partial charge in [0.2, 0.25) is 11.8 Å². The molecule has 190 valence electrons. The van der Waals surface area contributed by atoms with Crippen molar-refractivity contribution in [2.45, 2.75) is 38.3 Å². The molecule has 9 heteroatoms. The van der Waals surface area contributed by atoms with Gasteiger partial charge in [0.15, 0.2) is 0 Å². The Labute approximate surface area is 221 Å². The maximum Gasteiger partial charge on any atom is 0.264 e. The van der Waals surface area contributed by atoms with E-state index in [1.165, 1.54) is 24.1 Å². The molecule has 3 aromatic rings. The van der Waals surface area contributed by atoms with Crippen LogP contribution in [-0.2, 0) is 26.2 Å². The van der Waals surface area contributed by atoms with E-state index in [-0.39, 0.29) is 17.3 Å². The zero-order valence-electron chi connectivity index (χ0n) is 20.7. The molecule has 3 aromatic carbocycles. The molecule has 0 saturated heterocycles. The van der Waals surface area contributed by atoms with Crippen LogP contribution in [0.15, 0.2) is 82.2 Å². The zero-order valence-corrected chi connectivity index (χ0v) is 23.1. The highest BCUT2D eigenvalue weighted by Gasteiger charge is 2.32. The topological polar surface area (TPSA) is 86.8 Å². The first-order chi connectivity index (χ1) is 17.0. The van der Waals surface area contributed by atoms with Crippen LogP contribution in [0.5, 0.6) is 0 Å². The molecule has 0 saturated carbocycles. The van der Waals surface area contributed by atoms with E-state index in [4.69, 9.17) is 0 Å². The highest BCUT2D eigenvalue weighted by molar-refractivity contribution is 9.10. The van der Waals surface area contributed by atoms with Crippen molar-refractivity contribution in [2.24, 2.45) is 0 Å². The number of anilines is 1. The SMILES string of the molecule is CNC(=O)C(C)N(Cc1cccc(Br)c1)C(=O)CN(c1cc(C)cc(C)c1)S(=O)(=O)c1ccccc1. The number of benzene rings is 3. The Morgan fingerprint density at radius 2 is 1.58 bits per heavy atom. The number of amides is 2. The standard InChI is InChI=1S/C27H30BrN3O4S/c1-19-13-20(2)15-24(14-19)31(36(34,35)25-11-6-5-7-12-25)18-26(32)30(21(3)27(33)29-4)17-22-9-8-10-23(28)16-22/h5-16,21H,17-18H2,1-4H3,(H,29,33). The van der Waals surface area contributed by atoms with Gasteiger partial charge < -0.3 is 10.2 Å². The number of nitrogens with zero attached hydrogens (tertiary/aromatic N) is 2. The van der Waals surface area contributed by atoms with E-state index in [9.17, 15) is 18.0 Å². The zero-order chi connectivity index (χ0) is 26.5. The second-order valence-corrected chi connectivity index (χ2v) is 11.4. The summed E-state index contributed by atoms with van der Waals surface area (Å²) < 4.78 is 29.4. The summed E-state index contributed by atoms with van der Waals surface area (Å²) in [5.74, 6) is -0.841. The molecule has 0 bridgehead atoms. The average Bonchev–Trinajstić information content (AvgIpc) is 2.84. The van der Waals surface area contributed by atoms with Gasteiger partial charge in [0.05, 0.1) is 10.6 Å². The van der Waals surface area contributed by atoms with E-state index in [1.54, 1.807) is 37.3 Å². The van der Waals surface area contributed by atoms with Crippen LogP contribution in [0.2, 0.25) is 0 Å². The fraction of sp³-hybridized carbons (Fsp3) is 0.259. The van der Waals surface area contributed by atoms with Gasteiger partial charge in [-0.2, -0.15) is 0 Å². The Bertz CT molecular complexity index is 1330. The minimum absolute atomic E-state index is 0.0786. The van der Waals surface area contributed by atoms with Gasteiger partial charge in [-0.1, -0.05) is 52.3 Å². The molecule has 0 radical (unpaired) electrons. The van der Waals surface area contributed by atoms with Crippen molar-refractivity contribution in [2.75, 3.05) is 17.9 Å². The van der Waals surface area contributed by atoms with E-state index in [0.29, 0.717) is 5.69 Å². The molecule has 36 heavy (non-hydrogen) atoms. The number of rotatable bonds is 9. The maximum absolute atomic E-state index is 13.8. The van der Waals surface area contributed by atoms with E-state index in [0.717, 1.165) is 25.5 Å². The first-order valence-electron chi connectivity index (χ1n) is 11.4. The van der Waals surface area contributed by atoms with Crippen LogP contribution in [0.1, 0.15) is 23.6 Å². The average molecular weight is 573 g/mol. The third-order valence-corrected chi connectivity index (χ3v) is 8.04. The lowest BCUT2D eigenvalue weighted by atomic mass is 10.1. The molecule has 0 aliphatic carbocycles. The molecule has 0 aliphatic heterocycles. The van der Waals surface area contributed by atoms with Crippen LogP contribution >= 0.6 is 15.9 Å². The van der Waals surface area contributed by atoms with Gasteiger partial charge in [0, 0.05) is 18.1 Å². The van der Waals surface area contributed by atoms with Gasteiger partial charge in [-0.15, -0.1) is 0 Å². The van der Waals surface area contributed by atoms with Crippen molar-refractivity contribution in [3.63, 3.8) is 0 Å². The molecule has 1 atom stereocenters. The van der Waals surface area contributed by atoms with Crippen molar-refractivity contribution in [1.82, 2.24) is 10.2 Å². The summed E-state index contributed by atoms with van der Waals surface area (Å²) >= 11 is 3.43. The number of likely N-dealkylation sites (N-methyl/N-ethyl adjacent to an activating group) is 1. The summed E-state index contributed by atoms with van der Waals surface area (Å²) in [7, 11) is -2.57. The molecular weight excluding hydrogens is 542 g/mol. The molecule has 0 fully saturated rings. The van der Waals surface area contributed by atoms with Gasteiger partial charge in [-0.05, 0) is 73.9 Å². The first-order valence-corrected chi connectivity index (χ1v) is 13.7. The Balaban J connectivity index is 2.06. The summed E-state index contributed by atoms with van der Waals surface area (Å²) in [5, 5.41) is 2.58. The van der Waals surface area contributed by atoms with Crippen molar-refractivity contribution in [3.8, 4) is 0 Å². The van der Waals surface area contributed by atoms with Gasteiger partial charge in [0.1, 0.15) is 12.6 Å². The summed E-state index contributed by atoms with van der Waals surface area (Å²) in [6, 6.07) is 20.0. The monoisotopic (exact) mass is 571 g/mol. The number of hydrogen-bond donors (Lipinski definition) is 1. The number of halogens is 1. The lowest BCUT2D eigenvalue weighted by Gasteiger charge is -2.32. The Kier molecular flexibility index (Phi) is 8.92. The van der Waals surface area contributed by atoms with E-state index >= 15 is 0 Å². The molecule has 0 heterocycles. The van der Waals surface area contributed by atoms with Crippen molar-refractivity contribution < 1.29 is 18.0 Å². The van der Waals surface area contributed by atoms with E-state index in [1.807, 2.05) is 44.2 Å². The Hall–Kier alpha value is -3.17. The van der Waals surface area contributed by atoms with E-state index < -0.39 is 28.5 Å². The van der Waals surface area contributed by atoms with Crippen LogP contribution in [-0.4, -0.2) is 44.8 Å². The predicted octanol–water partition coefficient (Wildman–Crippen LogP) is 4.42. The predicted molar refractivity (Wildman–Crippen MR) is 145 cm³/mol. The number of carbonyl (C=O) groups excluding carboxylic acids is 2. The number of aryl methyl sites for hydroxylation is 2. The van der Waals surface area contributed by atoms with E-state index in [2.05, 4.69) is 21.2 Å². The van der Waals surface area contributed by atoms with Gasteiger partial charge in [-0.25, -0.2) is 8.42 Å². The van der Waals surface area contributed by atoms with Gasteiger partial charge in [0.25, 0.3) is 10.0 Å². The normalized spacial score (nSPS) is 12.0. The molecule has 0 spiro atoms. The van der Waals surface area contributed by atoms with Crippen molar-refractivity contribution >= 4 is 43.5 Å². The number of hydrogen-bond acceptors (Lipinski definition) is 4. The smallest absolute Gasteiger partial charge is 0.264 e. The molecule has 3 rings (SSSR count). The second kappa shape index (κ2) is 11.7. The highest BCUT2D eigenvalue weighted by atomic mass is 79.9. The third kappa shape index (κ3) is 6.53. The fourth-order valence-corrected chi connectivity index (χ4v) is 5.83. The first kappa shape index (κ1) is 27.4. The summed E-state index contributed by atoms with van der Waals surface area (Å²) in [6.45, 7) is 5.05. The van der Waals surface area contributed by atoms with Gasteiger partial charge >= 0.3 is 0 Å². The molecule has 0 aliphatic rings. The number of sulfonamides is 1. The fourth-order valence-electron chi connectivity index (χ4n) is 3.97. The number of nitrogens with one attached hydrogen (secondary N) is 1. The number of carbonyl (C=O) groups is 2. The quantitative estimate of drug-likeness (QED) is 0.411. The second-order valence-electron chi connectivity index (χ2n) is 8.61. The minimum atomic E-state index is -4.07. The third-order valence-electron chi connectivity index (χ3n) is 5.76. The molecule has 2 amide bonds. The Morgan fingerprint density at radius 3 is 2.17 bits per heavy atom. The molecule has 1 unspecified atom stereocenters. The largest absolute Gasteiger partial charge is 0.357 e. The van der Waals surface area contributed by atoms with Crippen molar-refractivity contribution in [3.05, 3.63) is 94.0 Å².